The van der Waals surface area contributed by atoms with Gasteiger partial charge in [-0.1, -0.05) is 49.9 Å². The molecule has 4 saturated heterocycles. The maximum Gasteiger partial charge on any atom is 0.411 e. The fraction of sp³-hybridized carbons (Fsp3) is 0.381. The van der Waals surface area contributed by atoms with Crippen molar-refractivity contribution in [2.75, 3.05) is 54.4 Å². The molecule has 37 nitrogen and oxygen atoms in total. The molecule has 48 heteroatoms. The van der Waals surface area contributed by atoms with Crippen molar-refractivity contribution in [3.05, 3.63) is 181 Å². The summed E-state index contributed by atoms with van der Waals surface area (Å²) in [6.45, 7) is 16.7. The second kappa shape index (κ2) is 55.8. The Morgan fingerprint density at radius 2 is 1.02 bits per heavy atom. The van der Waals surface area contributed by atoms with Crippen molar-refractivity contribution in [1.82, 2.24) is 69.7 Å². The molecule has 0 aliphatic carbocycles. The fourth-order valence-corrected chi connectivity index (χ4v) is 14.0. The lowest BCUT2D eigenvalue weighted by molar-refractivity contribution is -0.142. The van der Waals surface area contributed by atoms with E-state index in [4.69, 9.17) is 30.8 Å². The van der Waals surface area contributed by atoms with Gasteiger partial charge >= 0.3 is 24.1 Å². The summed E-state index contributed by atoms with van der Waals surface area (Å²) >= 11 is 28.5. The minimum absolute atomic E-state index is 0. The van der Waals surface area contributed by atoms with E-state index in [0.717, 1.165) is 50.9 Å². The van der Waals surface area contributed by atoms with Gasteiger partial charge in [-0.3, -0.25) is 53.5 Å². The molecule has 4 fully saturated rings. The zero-order valence-corrected chi connectivity index (χ0v) is 84.3. The van der Waals surface area contributed by atoms with Gasteiger partial charge in [0.05, 0.1) is 55.5 Å². The third-order valence-electron chi connectivity index (χ3n) is 18.3. The number of hydrogen-bond acceptors (Lipinski definition) is 33. The minimum atomic E-state index is -1.12. The zero-order valence-electron chi connectivity index (χ0n) is 72.0. The van der Waals surface area contributed by atoms with E-state index < -0.39 is 101 Å². The Kier molecular flexibility index (Phi) is 49.3. The molecule has 4 aliphatic heterocycles. The highest BCUT2D eigenvalue weighted by Gasteiger charge is 2.44. The first-order valence-corrected chi connectivity index (χ1v) is 46.2. The highest BCUT2D eigenvalue weighted by atomic mass is 79.9. The first kappa shape index (κ1) is 116. The summed E-state index contributed by atoms with van der Waals surface area (Å²) in [6.07, 6.45) is 3.77. The number of likely N-dealkylation sites (tertiary alicyclic amines) is 3. The molecule has 4 aliphatic rings. The van der Waals surface area contributed by atoms with Crippen LogP contribution in [-0.4, -0.2) is 252 Å². The number of ether oxygens (including phenoxy) is 2. The van der Waals surface area contributed by atoms with Crippen molar-refractivity contribution in [1.29, 1.82) is 5.41 Å². The number of aromatic nitrogens is 10. The number of ketones is 3. The van der Waals surface area contributed by atoms with Crippen LogP contribution in [0.3, 0.4) is 0 Å². The van der Waals surface area contributed by atoms with Crippen LogP contribution in [0.5, 0.6) is 0 Å². The number of aliphatic carboxylic acids is 2. The topological polar surface area (TPSA) is 539 Å². The number of rotatable bonds is 18. The Labute approximate surface area is 831 Å². The number of carboxylic acids is 2. The number of halogens is 5. The molecule has 11 heterocycles. The molecule has 0 spiro atoms. The van der Waals surface area contributed by atoms with Crippen molar-refractivity contribution < 1.29 is 88.1 Å². The number of amides is 5. The quantitative estimate of drug-likeness (QED) is 0.0216. The summed E-state index contributed by atoms with van der Waals surface area (Å²) in [5.74, 6) is -1.42. The van der Waals surface area contributed by atoms with E-state index in [2.05, 4.69) is 175 Å². The molecule has 2 aromatic carbocycles. The lowest BCUT2D eigenvalue weighted by atomic mass is 10.00. The molecule has 7 aromatic heterocycles. The summed E-state index contributed by atoms with van der Waals surface area (Å²) in [6, 6.07) is 28.8. The summed E-state index contributed by atoms with van der Waals surface area (Å²) in [5, 5.41) is 80.5. The minimum Gasteiger partial charge on any atom is -0.480 e. The monoisotopic (exact) mass is 2210 g/mol. The number of benzene rings is 2. The van der Waals surface area contributed by atoms with Crippen molar-refractivity contribution in [3.63, 3.8) is 0 Å². The van der Waals surface area contributed by atoms with Crippen LogP contribution in [0.15, 0.2) is 152 Å². The van der Waals surface area contributed by atoms with E-state index in [1.807, 2.05) is 42.5 Å². The van der Waals surface area contributed by atoms with Crippen LogP contribution in [-0.2, 0) is 110 Å². The largest absolute Gasteiger partial charge is 0.480 e. The van der Waals surface area contributed by atoms with Gasteiger partial charge in [0.15, 0.2) is 17.3 Å². The lowest BCUT2D eigenvalue weighted by Crippen LogP contribution is -2.45. The van der Waals surface area contributed by atoms with Gasteiger partial charge in [-0.2, -0.15) is 18.6 Å². The number of aryl methyl sites for hydroxylation is 2. The van der Waals surface area contributed by atoms with Crippen LogP contribution in [0.2, 0.25) is 0 Å². The Morgan fingerprint density at radius 1 is 0.591 bits per heavy atom. The van der Waals surface area contributed by atoms with Crippen LogP contribution in [0, 0.1) is 19.3 Å². The number of nitrogens with two attached hydrogens (primary N) is 1. The number of nitrogen functional groups attached to an aromatic ring is 1. The van der Waals surface area contributed by atoms with E-state index in [-0.39, 0.29) is 114 Å². The van der Waals surface area contributed by atoms with E-state index in [0.29, 0.717) is 79.8 Å². The van der Waals surface area contributed by atoms with Gasteiger partial charge in [0.2, 0.25) is 17.7 Å². The predicted octanol–water partition coefficient (Wildman–Crippen LogP) is 10.5. The number of carboxylic acid groups (broad SMARTS) is 2. The van der Waals surface area contributed by atoms with Crippen LogP contribution in [0.4, 0.5) is 32.7 Å². The Balaban J connectivity index is 0.000000422. The summed E-state index contributed by atoms with van der Waals surface area (Å²) in [4.78, 5) is 157. The molecule has 5 amide bonds. The van der Waals surface area contributed by atoms with Gasteiger partial charge in [-0.25, -0.2) is 54.3 Å². The van der Waals surface area contributed by atoms with Crippen LogP contribution in [0.1, 0.15) is 122 Å². The number of carbonyl (C=O) groups excluding carboxylic acids is 8. The van der Waals surface area contributed by atoms with Gasteiger partial charge in [-0.15, -0.1) is 12.4 Å². The van der Waals surface area contributed by atoms with Gasteiger partial charge in [0, 0.05) is 158 Å². The number of hydrogen-bond donors (Lipinski definition) is 12. The third-order valence-corrected chi connectivity index (χ3v) is 20.0. The van der Waals surface area contributed by atoms with Crippen molar-refractivity contribution in [2.45, 2.75) is 175 Å². The molecule has 8 atom stereocenters. The normalized spacial score (nSPS) is 17.2. The number of nitrogens with one attached hydrogen (secondary N) is 5. The Hall–Kier alpha value is -9.70. The van der Waals surface area contributed by atoms with E-state index in [1.54, 1.807) is 147 Å². The maximum absolute atomic E-state index is 13.4. The van der Waals surface area contributed by atoms with Crippen LogP contribution in [0.25, 0.3) is 33.2 Å². The summed E-state index contributed by atoms with van der Waals surface area (Å²) < 4.78 is 14.5. The molecule has 0 bridgehead atoms. The molecule has 0 saturated carbocycles. The third kappa shape index (κ3) is 38.0. The average Bonchev–Trinajstić information content (AvgIpc) is 1.62. The smallest absolute Gasteiger partial charge is 0.411 e. The first-order valence-electron chi connectivity index (χ1n) is 39.0. The predicted molar refractivity (Wildman–Crippen MR) is 532 cm³/mol. The van der Waals surface area contributed by atoms with Gasteiger partial charge in [-0.05, 0) is 203 Å². The van der Waals surface area contributed by atoms with E-state index in [1.165, 1.54) is 28.3 Å². The fourth-order valence-electron chi connectivity index (χ4n) is 12.6. The molecular formula is C84H102Br4ClN19O18S6. The molecule has 13 rings (SSSR count). The molecule has 0 unspecified atom stereocenters. The lowest BCUT2D eigenvalue weighted by Gasteiger charge is -2.27. The number of aliphatic hydroxyl groups excluding tert-OH is 4. The zero-order chi connectivity index (χ0) is 95.9. The van der Waals surface area contributed by atoms with E-state index in [9.17, 15) is 68.4 Å². The second-order valence-corrected chi connectivity index (χ2v) is 35.7. The highest BCUT2D eigenvalue weighted by molar-refractivity contribution is 9.11. The van der Waals surface area contributed by atoms with Gasteiger partial charge < -0.3 is 72.0 Å². The maximum atomic E-state index is 13.4. The first-order chi connectivity index (χ1) is 60.8. The molecule has 132 heavy (non-hydrogen) atoms. The molecule has 13 N–H and O–H groups in total. The summed E-state index contributed by atoms with van der Waals surface area (Å²) in [5.41, 5.74) is 9.27. The summed E-state index contributed by atoms with van der Waals surface area (Å²) in [7, 11) is 0.917. The number of carbonyl (C=O) groups is 10. The Morgan fingerprint density at radius 3 is 1.44 bits per heavy atom. The number of fused-ring (bicyclic) bond motifs is 1. The van der Waals surface area contributed by atoms with Crippen LogP contribution >= 0.6 is 89.6 Å². The van der Waals surface area contributed by atoms with Crippen molar-refractivity contribution in [2.24, 2.45) is 0 Å². The number of Topliss-reactive ketones (excluding diaryl/α,β-unsaturated/α-hetero) is 3. The van der Waals surface area contributed by atoms with Gasteiger partial charge in [0.25, 0.3) is 0 Å². The van der Waals surface area contributed by atoms with E-state index >= 15 is 0 Å². The molecule has 0 radical (unpaired) electrons. The number of pyridine rings is 4. The number of anilines is 4. The number of aliphatic hydroxyl groups is 4. The standard InChI is InChI=1S/C26H24BrN7O4.C16H16N4O3.C15H20BrN3O4.C11H13BrN2O2.C10H17NO5.C5H5BrN2.CH4.ClH.S3.S2.H2S/c1-14(35)25-19-8-16(17-10-28-15(2)29-11-17)6-7-20(19)34(32-25)13-24(37)33-12-18(36)9-21(33)26(38)31-23-5-3-4-22(27)30-23;1-9(21)16(17)13-4-3-11(5-14(13)20-8-15(22)23)12-6-18-10(2)19-7-12;1-15(2,3)23-14(22)19-8-9(20)7-10(19)13(21)18-12-6-4-5-11(16)17-12;12-11-3-1-2-7(14-11)4-10(16)9-5-8(15)6-13-9;1-10(2,3)16-9(15)11-5-6(12)4-7(11)8(13)14;6-4-2-1-3-5(7)8-4;;;1-3-2;1-2;/h3-8,10-11,18,21,36H,9,12-13H2,1-2H3,(H,30,31,38);3-7,17,20H,8H2,1-2H3,(H,22,23);4-6,9-10,20H,7-8H2,1-3H3,(H,17,18,21);1-3,8-9,13,15H,4-6H2;6-7,12H,4-5H2,1-3H3,(H,13,14);1-3H,(H2,7,8);1H4;1H;;;1H2/t18-,21+;;9-,10+;8-,9+;6-,7+;;;;;;/m1.111....../s1. The number of nitrogens with zero attached hydrogens (tertiary/aromatic N) is 13. The molecule has 712 valence electrons. The SMILES string of the molecule is C.CC(=O)C(=N)c1ccc(-c2cnc(C)nc2)cc1NCC(=O)O.CC(=O)c1nn(CC(=O)N2C[C@H](O)C[C@H]2C(=O)Nc2cccc(Br)n2)c2ccc(-c3cnc(C)nc3)cc12.CC(C)(C)OC(=O)N1C[C@H](O)C[C@H]1C(=O)Nc1cccc(Br)n1.CC(C)(C)OC(=O)N1C[C@H](O)C[C@H]1C(=O)O.Cl.Nc1cccc(Br)n1.O=C(Cc1cccc(Br)n1)[C@@H]1C[C@@H](O)CN1.S.S=S.S=S=S. The molecular weight excluding hydrogens is 2110 g/mol. The van der Waals surface area contributed by atoms with Crippen molar-refractivity contribution >= 4 is 242 Å². The van der Waals surface area contributed by atoms with Gasteiger partial charge in [0.1, 0.15) is 101 Å². The second-order valence-electron chi connectivity index (χ2n) is 30.7. The highest BCUT2D eigenvalue weighted by Crippen LogP contribution is 2.31. The molecule has 9 aromatic rings. The average molecular weight is 2210 g/mol. The Bertz CT molecular complexity index is 5510. The number of β-amino-alcohol motifs (C(OH)–C–C–N with tert-alkyl or cyclic N) is 4. The van der Waals surface area contributed by atoms with Crippen LogP contribution < -0.4 is 27.0 Å². The van der Waals surface area contributed by atoms with Crippen molar-refractivity contribution in [3.8, 4) is 22.3 Å².